The van der Waals surface area contributed by atoms with Crippen molar-refractivity contribution >= 4 is 35.7 Å². The Labute approximate surface area is 76.5 Å². The normalized spacial score (nSPS) is 15.6. The molecule has 0 saturated heterocycles. The van der Waals surface area contributed by atoms with E-state index in [1.165, 1.54) is 11.7 Å². The van der Waals surface area contributed by atoms with E-state index in [0.717, 1.165) is 0 Å². The van der Waals surface area contributed by atoms with Gasteiger partial charge in [-0.05, 0) is 11.8 Å². The lowest BCUT2D eigenvalue weighted by Crippen LogP contribution is -2.25. The van der Waals surface area contributed by atoms with Gasteiger partial charge in [-0.25, -0.2) is 0 Å². The van der Waals surface area contributed by atoms with E-state index in [1.54, 1.807) is 6.92 Å². The molecular formula is C5H11ClNO2PS. The van der Waals surface area contributed by atoms with E-state index >= 15 is 0 Å². The Morgan fingerprint density at radius 2 is 2.27 bits per heavy atom. The van der Waals surface area contributed by atoms with Gasteiger partial charge in [-0.1, -0.05) is 6.92 Å². The van der Waals surface area contributed by atoms with Gasteiger partial charge in [0.05, 0.1) is 0 Å². The van der Waals surface area contributed by atoms with Crippen molar-refractivity contribution in [2.75, 3.05) is 19.1 Å². The molecule has 0 radical (unpaired) electrons. The summed E-state index contributed by atoms with van der Waals surface area (Å²) in [6, 6.07) is 0. The largest absolute Gasteiger partial charge is 0.350 e. The lowest BCUT2D eigenvalue weighted by atomic mass is 10.7. The fourth-order valence-corrected chi connectivity index (χ4v) is 1.85. The Balaban J connectivity index is 4.35. The molecule has 1 atom stereocenters. The van der Waals surface area contributed by atoms with E-state index in [2.05, 4.69) is 0 Å². The highest BCUT2D eigenvalue weighted by atomic mass is 35.5. The Morgan fingerprint density at radius 3 is 2.55 bits per heavy atom. The summed E-state index contributed by atoms with van der Waals surface area (Å²) in [5.41, 5.74) is 0. The molecule has 6 heteroatoms. The average Bonchev–Trinajstić information content (AvgIpc) is 2.01. The highest BCUT2D eigenvalue weighted by Gasteiger charge is 2.20. The molecule has 1 N–H and O–H groups in total. The van der Waals surface area contributed by atoms with Gasteiger partial charge in [-0.3, -0.25) is 9.46 Å². The van der Waals surface area contributed by atoms with Gasteiger partial charge in [0.2, 0.25) is 5.91 Å². The lowest BCUT2D eigenvalue weighted by molar-refractivity contribution is -0.123. The van der Waals surface area contributed by atoms with Crippen molar-refractivity contribution in [3.05, 3.63) is 0 Å². The van der Waals surface area contributed by atoms with Crippen LogP contribution in [0.25, 0.3) is 0 Å². The topological polar surface area (TPSA) is 40.5 Å². The van der Waals surface area contributed by atoms with Gasteiger partial charge in [-0.15, -0.1) is 11.6 Å². The minimum atomic E-state index is -2.60. The van der Waals surface area contributed by atoms with Crippen LogP contribution in [-0.4, -0.2) is 34.6 Å². The first-order valence-electron chi connectivity index (χ1n) is 3.10. The highest BCUT2D eigenvalue weighted by Crippen LogP contribution is 2.43. The number of carbonyl (C=O) groups excluding carboxylic acids is 1. The third-order valence-corrected chi connectivity index (χ3v) is 5.08. The predicted octanol–water partition coefficient (Wildman–Crippen LogP) is 1.01. The highest BCUT2D eigenvalue weighted by molar-refractivity contribution is 8.10. The van der Waals surface area contributed by atoms with E-state index in [9.17, 15) is 9.69 Å². The number of halogens is 1. The average molecular weight is 216 g/mol. The van der Waals surface area contributed by atoms with Crippen LogP contribution < -0.4 is 0 Å². The molecule has 11 heavy (non-hydrogen) atoms. The summed E-state index contributed by atoms with van der Waals surface area (Å²) in [6.07, 6.45) is -2.19. The maximum absolute atomic E-state index is 10.9. The van der Waals surface area contributed by atoms with Gasteiger partial charge >= 0.3 is 0 Å². The molecule has 1 unspecified atom stereocenters. The van der Waals surface area contributed by atoms with Crippen LogP contribution in [0, 0.1) is 0 Å². The molecule has 0 saturated carbocycles. The van der Waals surface area contributed by atoms with Crippen molar-refractivity contribution in [3.63, 3.8) is 0 Å². The van der Waals surface area contributed by atoms with Gasteiger partial charge < -0.3 is 4.89 Å². The second-order valence-electron chi connectivity index (χ2n) is 2.03. The standard InChI is InChI=1S/C5H11ClNO2PS/c1-3-10(9,11)7(2)5(8)4-6/h3-4H2,1-2H3,(H,9,11). The zero-order valence-corrected chi connectivity index (χ0v) is 8.92. The lowest BCUT2D eigenvalue weighted by Gasteiger charge is -2.24. The van der Waals surface area contributed by atoms with Crippen LogP contribution in [0.2, 0.25) is 0 Å². The van der Waals surface area contributed by atoms with Gasteiger partial charge in [-0.2, -0.15) is 0 Å². The van der Waals surface area contributed by atoms with E-state index in [-0.39, 0.29) is 11.8 Å². The molecule has 0 aromatic carbocycles. The van der Waals surface area contributed by atoms with Crippen molar-refractivity contribution in [1.29, 1.82) is 0 Å². The van der Waals surface area contributed by atoms with Crippen molar-refractivity contribution in [3.8, 4) is 0 Å². The zero-order chi connectivity index (χ0) is 9.07. The molecule has 3 nitrogen and oxygen atoms in total. The van der Waals surface area contributed by atoms with E-state index in [1.807, 2.05) is 0 Å². The molecule has 0 fully saturated rings. The van der Waals surface area contributed by atoms with Crippen molar-refractivity contribution in [1.82, 2.24) is 4.67 Å². The van der Waals surface area contributed by atoms with Crippen LogP contribution in [0.1, 0.15) is 6.92 Å². The van der Waals surface area contributed by atoms with Crippen LogP contribution >= 0.6 is 18.0 Å². The van der Waals surface area contributed by atoms with Crippen LogP contribution in [0.5, 0.6) is 0 Å². The number of rotatable bonds is 3. The number of alkyl halides is 1. The first-order valence-corrected chi connectivity index (χ1v) is 6.53. The van der Waals surface area contributed by atoms with Crippen LogP contribution in [-0.2, 0) is 16.6 Å². The summed E-state index contributed by atoms with van der Waals surface area (Å²) in [6.45, 7) is 1.75. The van der Waals surface area contributed by atoms with Gasteiger partial charge in [0.1, 0.15) is 5.88 Å². The molecular weight excluding hydrogens is 205 g/mol. The molecule has 0 spiro atoms. The Bertz CT molecular complexity index is 199. The second kappa shape index (κ2) is 4.41. The Kier molecular flexibility index (Phi) is 4.56. The SMILES string of the molecule is CCP(O)(=S)N(C)C(=O)CCl. The van der Waals surface area contributed by atoms with E-state index in [0.29, 0.717) is 6.16 Å². The number of hydrogen-bond donors (Lipinski definition) is 1. The Morgan fingerprint density at radius 1 is 1.82 bits per heavy atom. The van der Waals surface area contributed by atoms with Crippen molar-refractivity contribution in [2.45, 2.75) is 6.92 Å². The summed E-state index contributed by atoms with van der Waals surface area (Å²) in [7, 11) is 1.48. The van der Waals surface area contributed by atoms with Crippen molar-refractivity contribution < 1.29 is 9.69 Å². The molecule has 0 heterocycles. The van der Waals surface area contributed by atoms with Gasteiger partial charge in [0, 0.05) is 13.2 Å². The molecule has 1 amide bonds. The monoisotopic (exact) mass is 215 g/mol. The zero-order valence-electron chi connectivity index (χ0n) is 6.45. The number of amides is 1. The van der Waals surface area contributed by atoms with Crippen LogP contribution in [0.3, 0.4) is 0 Å². The molecule has 0 aliphatic rings. The van der Waals surface area contributed by atoms with Crippen LogP contribution in [0.4, 0.5) is 0 Å². The van der Waals surface area contributed by atoms with Crippen LogP contribution in [0.15, 0.2) is 0 Å². The second-order valence-corrected chi connectivity index (χ2v) is 6.62. The first kappa shape index (κ1) is 11.4. The summed E-state index contributed by atoms with van der Waals surface area (Å²) in [4.78, 5) is 20.4. The minimum Gasteiger partial charge on any atom is -0.350 e. The number of carbonyl (C=O) groups is 1. The molecule has 0 aliphatic heterocycles. The molecule has 0 aromatic heterocycles. The smallest absolute Gasteiger partial charge is 0.242 e. The molecule has 0 bridgehead atoms. The molecule has 0 rings (SSSR count). The predicted molar refractivity (Wildman–Crippen MR) is 50.5 cm³/mol. The summed E-state index contributed by atoms with van der Waals surface area (Å²) in [5.74, 6) is -0.450. The first-order chi connectivity index (χ1) is 4.95. The number of hydrogen-bond acceptors (Lipinski definition) is 2. The third-order valence-electron chi connectivity index (χ3n) is 1.36. The maximum Gasteiger partial charge on any atom is 0.242 e. The molecule has 0 aliphatic carbocycles. The van der Waals surface area contributed by atoms with E-state index < -0.39 is 6.42 Å². The summed E-state index contributed by atoms with van der Waals surface area (Å²) in [5, 5.41) is 0. The fourth-order valence-electron chi connectivity index (χ4n) is 0.473. The fraction of sp³-hybridized carbons (Fsp3) is 0.800. The third kappa shape index (κ3) is 3.08. The van der Waals surface area contributed by atoms with Crippen molar-refractivity contribution in [2.24, 2.45) is 0 Å². The minimum absolute atomic E-state index is 0.130. The molecule has 0 aromatic rings. The molecule has 66 valence electrons. The van der Waals surface area contributed by atoms with Gasteiger partial charge in [0.15, 0.2) is 6.42 Å². The number of nitrogens with zero attached hydrogens (tertiary/aromatic N) is 1. The quantitative estimate of drug-likeness (QED) is 0.564. The summed E-state index contributed by atoms with van der Waals surface area (Å²) >= 11 is 10.1. The Hall–Kier alpha value is 0.370. The van der Waals surface area contributed by atoms with Gasteiger partial charge in [0.25, 0.3) is 0 Å². The van der Waals surface area contributed by atoms with E-state index in [4.69, 9.17) is 23.4 Å². The summed E-state index contributed by atoms with van der Waals surface area (Å²) < 4.78 is 1.18. The maximum atomic E-state index is 10.9.